The topological polar surface area (TPSA) is 84.9 Å². The molecule has 144 valence electrons. The number of para-hydroxylation sites is 1. The van der Waals surface area contributed by atoms with Gasteiger partial charge in [-0.2, -0.15) is 0 Å². The van der Waals surface area contributed by atoms with E-state index in [1.807, 2.05) is 6.07 Å². The summed E-state index contributed by atoms with van der Waals surface area (Å²) in [5, 5.41) is 1.21. The lowest BCUT2D eigenvalue weighted by molar-refractivity contribution is -0.150. The minimum atomic E-state index is -0.771. The van der Waals surface area contributed by atoms with Gasteiger partial charge in [0.15, 0.2) is 6.10 Å². The van der Waals surface area contributed by atoms with Gasteiger partial charge in [0, 0.05) is 0 Å². The molecule has 1 fully saturated rings. The van der Waals surface area contributed by atoms with Crippen LogP contribution in [0.3, 0.4) is 0 Å². The molecular weight excluding hydrogens is 360 g/mol. The van der Waals surface area contributed by atoms with Gasteiger partial charge in [-0.1, -0.05) is 30.3 Å². The fourth-order valence-electron chi connectivity index (χ4n) is 2.67. The highest BCUT2D eigenvalue weighted by atomic mass is 16.6. The van der Waals surface area contributed by atoms with Gasteiger partial charge >= 0.3 is 5.97 Å². The van der Waals surface area contributed by atoms with Crippen LogP contribution in [0.2, 0.25) is 0 Å². The largest absolute Gasteiger partial charge is 0.479 e. The van der Waals surface area contributed by atoms with Crippen molar-refractivity contribution in [2.24, 2.45) is 0 Å². The number of nitrogens with one attached hydrogen (secondary N) is 1. The zero-order chi connectivity index (χ0) is 20.1. The van der Waals surface area contributed by atoms with Crippen molar-refractivity contribution in [3.05, 3.63) is 65.7 Å². The van der Waals surface area contributed by atoms with Crippen molar-refractivity contribution < 1.29 is 23.9 Å². The SMILES string of the molecule is CCOC(=O)[C@H](C)Oc1cccc(/C=C2/C(=O)NN(c3ccccc3)C2=O)c1. The summed E-state index contributed by atoms with van der Waals surface area (Å²) < 4.78 is 10.5. The summed E-state index contributed by atoms with van der Waals surface area (Å²) in [6.45, 7) is 3.59. The molecule has 2 aromatic rings. The quantitative estimate of drug-likeness (QED) is 0.473. The van der Waals surface area contributed by atoms with E-state index in [0.717, 1.165) is 0 Å². The molecule has 2 amide bonds. The second-order valence-electron chi connectivity index (χ2n) is 6.06. The van der Waals surface area contributed by atoms with E-state index in [2.05, 4.69) is 5.43 Å². The second kappa shape index (κ2) is 8.39. The van der Waals surface area contributed by atoms with E-state index in [-0.39, 0.29) is 12.2 Å². The number of hydrazine groups is 1. The standard InChI is InChI=1S/C21H20N2O5/c1-3-27-21(26)14(2)28-17-11-7-8-15(12-17)13-18-19(24)22-23(20(18)25)16-9-5-4-6-10-16/h4-14H,3H2,1-2H3,(H,22,24)/b18-13-/t14-/m0/s1. The molecule has 7 heteroatoms. The van der Waals surface area contributed by atoms with Crippen LogP contribution in [-0.4, -0.2) is 30.5 Å². The number of ether oxygens (including phenoxy) is 2. The summed E-state index contributed by atoms with van der Waals surface area (Å²) in [5.41, 5.74) is 3.74. The number of benzene rings is 2. The summed E-state index contributed by atoms with van der Waals surface area (Å²) in [5.74, 6) is -0.960. The normalized spacial score (nSPS) is 16.1. The maximum absolute atomic E-state index is 12.6. The van der Waals surface area contributed by atoms with Crippen LogP contribution in [0, 0.1) is 0 Å². The summed E-state index contributed by atoms with van der Waals surface area (Å²) in [4.78, 5) is 36.6. The Balaban J connectivity index is 1.79. The third kappa shape index (κ3) is 4.20. The lowest BCUT2D eigenvalue weighted by atomic mass is 10.1. The Kier molecular flexibility index (Phi) is 5.74. The van der Waals surface area contributed by atoms with Crippen molar-refractivity contribution >= 4 is 29.5 Å². The zero-order valence-corrected chi connectivity index (χ0v) is 15.5. The van der Waals surface area contributed by atoms with Gasteiger partial charge in [0.05, 0.1) is 12.3 Å². The number of hydrogen-bond donors (Lipinski definition) is 1. The van der Waals surface area contributed by atoms with Gasteiger partial charge < -0.3 is 9.47 Å². The maximum Gasteiger partial charge on any atom is 0.347 e. The number of anilines is 1. The molecule has 1 aliphatic heterocycles. The van der Waals surface area contributed by atoms with Gasteiger partial charge in [-0.25, -0.2) is 9.80 Å². The fourth-order valence-corrected chi connectivity index (χ4v) is 2.67. The van der Waals surface area contributed by atoms with E-state index in [4.69, 9.17) is 9.47 Å². The van der Waals surface area contributed by atoms with Crippen LogP contribution >= 0.6 is 0 Å². The molecule has 28 heavy (non-hydrogen) atoms. The first-order chi connectivity index (χ1) is 13.5. The number of esters is 1. The Morgan fingerprint density at radius 2 is 1.89 bits per heavy atom. The molecule has 1 atom stereocenters. The lowest BCUT2D eigenvalue weighted by Gasteiger charge is -2.14. The molecule has 0 saturated carbocycles. The van der Waals surface area contributed by atoms with E-state index in [1.165, 1.54) is 11.1 Å². The Hall–Kier alpha value is -3.61. The van der Waals surface area contributed by atoms with Crippen molar-refractivity contribution in [2.75, 3.05) is 11.6 Å². The smallest absolute Gasteiger partial charge is 0.347 e. The average Bonchev–Trinajstić information content (AvgIpc) is 2.97. The van der Waals surface area contributed by atoms with Crippen LogP contribution in [0.1, 0.15) is 19.4 Å². The summed E-state index contributed by atoms with van der Waals surface area (Å²) >= 11 is 0. The zero-order valence-electron chi connectivity index (χ0n) is 15.5. The third-order valence-corrected chi connectivity index (χ3v) is 4.01. The van der Waals surface area contributed by atoms with Crippen molar-refractivity contribution in [2.45, 2.75) is 20.0 Å². The minimum Gasteiger partial charge on any atom is -0.479 e. The predicted octanol–water partition coefficient (Wildman–Crippen LogP) is 2.48. The Morgan fingerprint density at radius 3 is 2.61 bits per heavy atom. The highest BCUT2D eigenvalue weighted by Gasteiger charge is 2.34. The number of carbonyl (C=O) groups excluding carboxylic acids is 3. The van der Waals surface area contributed by atoms with Crippen LogP contribution < -0.4 is 15.2 Å². The summed E-state index contributed by atoms with van der Waals surface area (Å²) in [7, 11) is 0. The Labute approximate surface area is 162 Å². The van der Waals surface area contributed by atoms with Crippen molar-refractivity contribution in [3.8, 4) is 5.75 Å². The monoisotopic (exact) mass is 380 g/mol. The van der Waals surface area contributed by atoms with Gasteiger partial charge in [-0.3, -0.25) is 15.0 Å². The molecule has 2 aromatic carbocycles. The average molecular weight is 380 g/mol. The van der Waals surface area contributed by atoms with Crippen molar-refractivity contribution in [1.82, 2.24) is 5.43 Å². The minimum absolute atomic E-state index is 0.0134. The van der Waals surface area contributed by atoms with Crippen LogP contribution in [0.25, 0.3) is 6.08 Å². The summed E-state index contributed by atoms with van der Waals surface area (Å²) in [6, 6.07) is 15.6. The molecule has 0 aromatic heterocycles. The second-order valence-corrected chi connectivity index (χ2v) is 6.06. The van der Waals surface area contributed by atoms with E-state index in [0.29, 0.717) is 17.0 Å². The molecule has 0 aliphatic carbocycles. The van der Waals surface area contributed by atoms with Crippen LogP contribution in [0.4, 0.5) is 5.69 Å². The van der Waals surface area contributed by atoms with E-state index in [9.17, 15) is 14.4 Å². The first kappa shape index (κ1) is 19.2. The number of rotatable bonds is 6. The van der Waals surface area contributed by atoms with Crippen LogP contribution in [-0.2, 0) is 19.1 Å². The first-order valence-corrected chi connectivity index (χ1v) is 8.85. The predicted molar refractivity (Wildman–Crippen MR) is 103 cm³/mol. The number of hydrogen-bond acceptors (Lipinski definition) is 5. The molecule has 1 saturated heterocycles. The molecule has 1 heterocycles. The fraction of sp³-hybridized carbons (Fsp3) is 0.190. The van der Waals surface area contributed by atoms with Gasteiger partial charge in [-0.15, -0.1) is 0 Å². The Morgan fingerprint density at radius 1 is 1.14 bits per heavy atom. The third-order valence-electron chi connectivity index (χ3n) is 4.01. The molecule has 0 unspecified atom stereocenters. The number of nitrogens with zero attached hydrogens (tertiary/aromatic N) is 1. The van der Waals surface area contributed by atoms with Crippen molar-refractivity contribution in [3.63, 3.8) is 0 Å². The molecule has 7 nitrogen and oxygen atoms in total. The van der Waals surface area contributed by atoms with Gasteiger partial charge in [0.2, 0.25) is 0 Å². The van der Waals surface area contributed by atoms with Crippen molar-refractivity contribution in [1.29, 1.82) is 0 Å². The van der Waals surface area contributed by atoms with Gasteiger partial charge in [0.1, 0.15) is 11.3 Å². The molecule has 0 spiro atoms. The lowest BCUT2D eigenvalue weighted by Crippen LogP contribution is -2.35. The molecular formula is C21H20N2O5. The molecule has 0 bridgehead atoms. The van der Waals surface area contributed by atoms with Gasteiger partial charge in [0.25, 0.3) is 11.8 Å². The first-order valence-electron chi connectivity index (χ1n) is 8.85. The van der Waals surface area contributed by atoms with Crippen LogP contribution in [0.5, 0.6) is 5.75 Å². The van der Waals surface area contributed by atoms with E-state index in [1.54, 1.807) is 62.4 Å². The number of carbonyl (C=O) groups is 3. The molecule has 0 radical (unpaired) electrons. The molecule has 1 aliphatic rings. The van der Waals surface area contributed by atoms with E-state index < -0.39 is 23.9 Å². The molecule has 3 rings (SSSR count). The number of amides is 2. The highest BCUT2D eigenvalue weighted by molar-refractivity contribution is 6.31. The maximum atomic E-state index is 12.6. The molecule has 1 N–H and O–H groups in total. The van der Waals surface area contributed by atoms with Gasteiger partial charge in [-0.05, 0) is 49.8 Å². The Bertz CT molecular complexity index is 923. The van der Waals surface area contributed by atoms with Crippen LogP contribution in [0.15, 0.2) is 60.2 Å². The van der Waals surface area contributed by atoms with E-state index >= 15 is 0 Å². The highest BCUT2D eigenvalue weighted by Crippen LogP contribution is 2.23. The summed E-state index contributed by atoms with van der Waals surface area (Å²) in [6.07, 6.45) is 0.718.